The van der Waals surface area contributed by atoms with Crippen LogP contribution in [-0.4, -0.2) is 17.9 Å². The fourth-order valence-corrected chi connectivity index (χ4v) is 2.38. The minimum atomic E-state index is -0.706. The topological polar surface area (TPSA) is 72.2 Å². The van der Waals surface area contributed by atoms with Gasteiger partial charge in [0.25, 0.3) is 0 Å². The van der Waals surface area contributed by atoms with Crippen LogP contribution in [0.5, 0.6) is 0 Å². The van der Waals surface area contributed by atoms with Crippen LogP contribution in [0.1, 0.15) is 18.4 Å². The van der Waals surface area contributed by atoms with E-state index >= 15 is 0 Å². The van der Waals surface area contributed by atoms with E-state index in [0.29, 0.717) is 11.4 Å². The molecular formula is C13H14BrClN2O2. The van der Waals surface area contributed by atoms with Crippen LogP contribution in [0.15, 0.2) is 22.7 Å². The predicted molar refractivity (Wildman–Crippen MR) is 76.7 cm³/mol. The Balaban J connectivity index is 2.09. The quantitative estimate of drug-likeness (QED) is 0.857. The van der Waals surface area contributed by atoms with Crippen LogP contribution in [-0.2, 0) is 16.0 Å². The summed E-state index contributed by atoms with van der Waals surface area (Å²) in [4.78, 5) is 23.1. The molecule has 1 aromatic carbocycles. The van der Waals surface area contributed by atoms with Gasteiger partial charge in [0, 0.05) is 21.8 Å². The number of carbonyl (C=O) groups excluding carboxylic acids is 2. The average molecular weight is 346 g/mol. The van der Waals surface area contributed by atoms with Crippen molar-refractivity contribution >= 4 is 39.3 Å². The van der Waals surface area contributed by atoms with E-state index in [-0.39, 0.29) is 11.8 Å². The van der Waals surface area contributed by atoms with Crippen molar-refractivity contribution in [2.24, 2.45) is 11.7 Å². The van der Waals surface area contributed by atoms with Crippen LogP contribution in [0.25, 0.3) is 0 Å². The number of halogens is 2. The van der Waals surface area contributed by atoms with Crippen LogP contribution in [0.4, 0.5) is 0 Å². The maximum Gasteiger partial charge on any atom is 0.240 e. The van der Waals surface area contributed by atoms with E-state index < -0.39 is 11.9 Å². The number of amides is 2. The SMILES string of the molecule is NC(=O)[C@H](Cc1cc(Cl)ccc1Br)NC(=O)C1CC1. The summed E-state index contributed by atoms with van der Waals surface area (Å²) >= 11 is 9.31. The number of nitrogens with one attached hydrogen (secondary N) is 1. The van der Waals surface area contributed by atoms with Crippen molar-refractivity contribution in [3.05, 3.63) is 33.3 Å². The van der Waals surface area contributed by atoms with Gasteiger partial charge in [-0.25, -0.2) is 0 Å². The molecule has 2 rings (SSSR count). The lowest BCUT2D eigenvalue weighted by Crippen LogP contribution is -2.46. The summed E-state index contributed by atoms with van der Waals surface area (Å²) in [7, 11) is 0. The number of nitrogens with two attached hydrogens (primary N) is 1. The summed E-state index contributed by atoms with van der Waals surface area (Å²) in [6.07, 6.45) is 2.10. The predicted octanol–water partition coefficient (Wildman–Crippen LogP) is 2.03. The zero-order valence-electron chi connectivity index (χ0n) is 10.2. The second kappa shape index (κ2) is 5.92. The maximum absolute atomic E-state index is 11.7. The third-order valence-corrected chi connectivity index (χ3v) is 4.05. The van der Waals surface area contributed by atoms with Gasteiger partial charge < -0.3 is 11.1 Å². The Hall–Kier alpha value is -1.07. The van der Waals surface area contributed by atoms with E-state index in [0.717, 1.165) is 22.9 Å². The summed E-state index contributed by atoms with van der Waals surface area (Å²) in [5.74, 6) is -0.590. The molecule has 2 amide bonds. The maximum atomic E-state index is 11.7. The largest absolute Gasteiger partial charge is 0.368 e. The third-order valence-electron chi connectivity index (χ3n) is 3.04. The Bertz CT molecular complexity index is 517. The van der Waals surface area contributed by atoms with Gasteiger partial charge in [-0.15, -0.1) is 0 Å². The highest BCUT2D eigenvalue weighted by Gasteiger charge is 2.32. The molecule has 19 heavy (non-hydrogen) atoms. The van der Waals surface area contributed by atoms with Gasteiger partial charge in [0.1, 0.15) is 6.04 Å². The molecule has 102 valence electrons. The van der Waals surface area contributed by atoms with Crippen LogP contribution < -0.4 is 11.1 Å². The molecule has 0 aliphatic heterocycles. The summed E-state index contributed by atoms with van der Waals surface area (Å²) in [5.41, 5.74) is 6.18. The summed E-state index contributed by atoms with van der Waals surface area (Å²) in [6, 6.07) is 4.60. The van der Waals surface area contributed by atoms with E-state index in [2.05, 4.69) is 21.2 Å². The van der Waals surface area contributed by atoms with Crippen LogP contribution in [0.2, 0.25) is 5.02 Å². The highest BCUT2D eigenvalue weighted by molar-refractivity contribution is 9.10. The Labute approximate surface area is 124 Å². The van der Waals surface area contributed by atoms with Crippen molar-refractivity contribution in [1.82, 2.24) is 5.32 Å². The zero-order valence-corrected chi connectivity index (χ0v) is 12.5. The molecule has 4 nitrogen and oxygen atoms in total. The van der Waals surface area contributed by atoms with Gasteiger partial charge >= 0.3 is 0 Å². The van der Waals surface area contributed by atoms with Gasteiger partial charge in [0.05, 0.1) is 0 Å². The first-order chi connectivity index (χ1) is 8.97. The highest BCUT2D eigenvalue weighted by atomic mass is 79.9. The Morgan fingerprint density at radius 1 is 1.47 bits per heavy atom. The first-order valence-electron chi connectivity index (χ1n) is 6.01. The summed E-state index contributed by atoms with van der Waals surface area (Å²) in [5, 5.41) is 3.27. The van der Waals surface area contributed by atoms with Crippen molar-refractivity contribution in [2.45, 2.75) is 25.3 Å². The van der Waals surface area contributed by atoms with Gasteiger partial charge in [0.2, 0.25) is 11.8 Å². The Morgan fingerprint density at radius 3 is 2.74 bits per heavy atom. The molecule has 3 N–H and O–H groups in total. The van der Waals surface area contributed by atoms with Crippen molar-refractivity contribution in [3.63, 3.8) is 0 Å². The molecule has 1 aliphatic rings. The van der Waals surface area contributed by atoms with Gasteiger partial charge in [-0.3, -0.25) is 9.59 Å². The lowest BCUT2D eigenvalue weighted by Gasteiger charge is -2.16. The second-order valence-corrected chi connectivity index (χ2v) is 5.97. The number of benzene rings is 1. The van der Waals surface area contributed by atoms with Gasteiger partial charge in [-0.2, -0.15) is 0 Å². The molecule has 1 aromatic rings. The molecule has 0 heterocycles. The van der Waals surface area contributed by atoms with E-state index in [1.807, 2.05) is 0 Å². The van der Waals surface area contributed by atoms with Crippen molar-refractivity contribution < 1.29 is 9.59 Å². The normalized spacial score (nSPS) is 15.9. The monoisotopic (exact) mass is 344 g/mol. The molecule has 1 atom stereocenters. The number of carbonyl (C=O) groups is 2. The minimum absolute atomic E-state index is 0.0460. The average Bonchev–Trinajstić information content (AvgIpc) is 3.16. The third kappa shape index (κ3) is 3.94. The molecule has 0 radical (unpaired) electrons. The zero-order chi connectivity index (χ0) is 14.0. The smallest absolute Gasteiger partial charge is 0.240 e. The van der Waals surface area contributed by atoms with E-state index in [9.17, 15) is 9.59 Å². The molecule has 0 spiro atoms. The summed E-state index contributed by atoms with van der Waals surface area (Å²) < 4.78 is 0.837. The van der Waals surface area contributed by atoms with Gasteiger partial charge in [0.15, 0.2) is 0 Å². The van der Waals surface area contributed by atoms with E-state index in [1.165, 1.54) is 0 Å². The molecule has 1 fully saturated rings. The lowest BCUT2D eigenvalue weighted by atomic mass is 10.1. The van der Waals surface area contributed by atoms with Gasteiger partial charge in [-0.05, 0) is 36.6 Å². The molecule has 0 saturated heterocycles. The van der Waals surface area contributed by atoms with Crippen molar-refractivity contribution in [2.75, 3.05) is 0 Å². The lowest BCUT2D eigenvalue weighted by molar-refractivity contribution is -0.128. The fourth-order valence-electron chi connectivity index (χ4n) is 1.78. The molecule has 1 aliphatic carbocycles. The molecule has 1 saturated carbocycles. The van der Waals surface area contributed by atoms with Crippen LogP contribution >= 0.6 is 27.5 Å². The van der Waals surface area contributed by atoms with Crippen LogP contribution in [0, 0.1) is 5.92 Å². The number of hydrogen-bond donors (Lipinski definition) is 2. The number of primary amides is 1. The van der Waals surface area contributed by atoms with Crippen molar-refractivity contribution in [3.8, 4) is 0 Å². The first kappa shape index (κ1) is 14.3. The Morgan fingerprint density at radius 2 is 2.16 bits per heavy atom. The fraction of sp³-hybridized carbons (Fsp3) is 0.385. The summed E-state index contributed by atoms with van der Waals surface area (Å²) in [6.45, 7) is 0. The van der Waals surface area contributed by atoms with E-state index in [1.54, 1.807) is 18.2 Å². The number of hydrogen-bond acceptors (Lipinski definition) is 2. The standard InChI is InChI=1S/C13H14BrClN2O2/c14-10-4-3-9(15)5-8(10)6-11(12(16)18)17-13(19)7-1-2-7/h3-5,7,11H,1-2,6H2,(H2,16,18)(H,17,19)/t11-/m0/s1. The van der Waals surface area contributed by atoms with E-state index in [4.69, 9.17) is 17.3 Å². The molecule has 0 aromatic heterocycles. The highest BCUT2D eigenvalue weighted by Crippen LogP contribution is 2.29. The van der Waals surface area contributed by atoms with Gasteiger partial charge in [-0.1, -0.05) is 27.5 Å². The van der Waals surface area contributed by atoms with Crippen molar-refractivity contribution in [1.29, 1.82) is 0 Å². The molecule has 0 bridgehead atoms. The van der Waals surface area contributed by atoms with Crippen LogP contribution in [0.3, 0.4) is 0 Å². The number of rotatable bonds is 5. The second-order valence-electron chi connectivity index (χ2n) is 4.68. The molecule has 6 heteroatoms. The minimum Gasteiger partial charge on any atom is -0.368 e. The molecule has 0 unspecified atom stereocenters. The Kier molecular flexibility index (Phi) is 4.47. The molecular weight excluding hydrogens is 332 g/mol. The first-order valence-corrected chi connectivity index (χ1v) is 7.18.